The van der Waals surface area contributed by atoms with Crippen molar-refractivity contribution in [2.24, 2.45) is 0 Å². The van der Waals surface area contributed by atoms with E-state index in [1.165, 1.54) is 6.92 Å². The first kappa shape index (κ1) is 13.5. The largest absolute Gasteiger partial charge is 0.296 e. The molecule has 3 aromatic heterocycles. The van der Waals surface area contributed by atoms with Crippen molar-refractivity contribution in [1.29, 1.82) is 0 Å². The van der Waals surface area contributed by atoms with E-state index in [-0.39, 0.29) is 5.78 Å². The molecule has 0 N–H and O–H groups in total. The topological polar surface area (TPSA) is 47.3 Å². The third-order valence-electron chi connectivity index (χ3n) is 3.03. The summed E-state index contributed by atoms with van der Waals surface area (Å²) in [6.07, 6.45) is 5.10. The standard InChI is InChI=1S/C14H9ClIN3O/c1-8(20)10-5-11(15)13-14(16)18-7-19(13)12(10)9-3-2-4-17-6-9/h2-7H,1H3. The van der Waals surface area contributed by atoms with Crippen molar-refractivity contribution in [3.63, 3.8) is 0 Å². The zero-order valence-corrected chi connectivity index (χ0v) is 13.4. The lowest BCUT2D eigenvalue weighted by molar-refractivity contribution is 0.101. The van der Waals surface area contributed by atoms with Gasteiger partial charge in [-0.2, -0.15) is 0 Å². The van der Waals surface area contributed by atoms with E-state index in [0.717, 1.165) is 20.5 Å². The predicted octanol–water partition coefficient (Wildman–Crippen LogP) is 3.86. The number of carbonyl (C=O) groups excluding carboxylic acids is 1. The summed E-state index contributed by atoms with van der Waals surface area (Å²) in [7, 11) is 0. The number of imidazole rings is 1. The lowest BCUT2D eigenvalue weighted by Crippen LogP contribution is -2.03. The van der Waals surface area contributed by atoms with E-state index in [1.807, 2.05) is 16.5 Å². The number of fused-ring (bicyclic) bond motifs is 1. The molecule has 3 rings (SSSR count). The summed E-state index contributed by atoms with van der Waals surface area (Å²) in [5, 5.41) is 0.518. The average Bonchev–Trinajstić information content (AvgIpc) is 2.82. The molecule has 0 aliphatic heterocycles. The van der Waals surface area contributed by atoms with Gasteiger partial charge < -0.3 is 0 Å². The van der Waals surface area contributed by atoms with Gasteiger partial charge in [0.2, 0.25) is 0 Å². The fraction of sp³-hybridized carbons (Fsp3) is 0.0714. The number of hydrogen-bond acceptors (Lipinski definition) is 3. The second-order valence-electron chi connectivity index (χ2n) is 4.31. The lowest BCUT2D eigenvalue weighted by Gasteiger charge is -2.11. The number of halogens is 2. The molecule has 3 heterocycles. The molecule has 6 heteroatoms. The molecule has 4 nitrogen and oxygen atoms in total. The molecular formula is C14H9ClIN3O. The Kier molecular flexibility index (Phi) is 3.47. The Hall–Kier alpha value is -1.47. The van der Waals surface area contributed by atoms with E-state index in [0.29, 0.717) is 10.6 Å². The Balaban J connectivity index is 2.47. The first-order chi connectivity index (χ1) is 9.59. The Bertz CT molecular complexity index is 814. The van der Waals surface area contributed by atoms with E-state index < -0.39 is 0 Å². The molecule has 0 fully saturated rings. The summed E-state index contributed by atoms with van der Waals surface area (Å²) in [5.41, 5.74) is 2.98. The molecule has 0 radical (unpaired) electrons. The molecule has 0 saturated carbocycles. The molecule has 0 aliphatic carbocycles. The van der Waals surface area contributed by atoms with Crippen LogP contribution in [0.15, 0.2) is 36.9 Å². The number of pyridine rings is 2. The van der Waals surface area contributed by atoms with Gasteiger partial charge in [-0.05, 0) is 47.7 Å². The number of Topliss-reactive ketones (excluding diaryl/α,β-unsaturated/α-hetero) is 1. The zero-order valence-electron chi connectivity index (χ0n) is 10.5. The highest BCUT2D eigenvalue weighted by Crippen LogP contribution is 2.32. The molecule has 0 spiro atoms. The summed E-state index contributed by atoms with van der Waals surface area (Å²) in [4.78, 5) is 20.3. The first-order valence-electron chi connectivity index (χ1n) is 5.86. The second-order valence-corrected chi connectivity index (χ2v) is 5.74. The molecule has 0 atom stereocenters. The van der Waals surface area contributed by atoms with Gasteiger partial charge in [0, 0.05) is 23.5 Å². The van der Waals surface area contributed by atoms with E-state index in [4.69, 9.17) is 11.6 Å². The molecule has 0 saturated heterocycles. The summed E-state index contributed by atoms with van der Waals surface area (Å²) in [5.74, 6) is -0.0450. The van der Waals surface area contributed by atoms with Gasteiger partial charge in [-0.3, -0.25) is 14.2 Å². The number of aromatic nitrogens is 3. The highest BCUT2D eigenvalue weighted by molar-refractivity contribution is 14.1. The monoisotopic (exact) mass is 397 g/mol. The normalized spacial score (nSPS) is 10.9. The van der Waals surface area contributed by atoms with Crippen LogP contribution in [-0.2, 0) is 0 Å². The van der Waals surface area contributed by atoms with Crippen molar-refractivity contribution in [3.8, 4) is 11.3 Å². The minimum absolute atomic E-state index is 0.0450. The van der Waals surface area contributed by atoms with Gasteiger partial charge >= 0.3 is 0 Å². The van der Waals surface area contributed by atoms with Gasteiger partial charge in [0.05, 0.1) is 16.2 Å². The number of hydrogen-bond donors (Lipinski definition) is 0. The Labute approximate surface area is 134 Å². The maximum Gasteiger partial charge on any atom is 0.161 e. The minimum atomic E-state index is -0.0450. The van der Waals surface area contributed by atoms with Crippen LogP contribution in [-0.4, -0.2) is 20.2 Å². The third-order valence-corrected chi connectivity index (χ3v) is 4.11. The highest BCUT2D eigenvalue weighted by Gasteiger charge is 2.18. The SMILES string of the molecule is CC(=O)c1cc(Cl)c2c(I)ncn2c1-c1cccnc1. The fourth-order valence-electron chi connectivity index (χ4n) is 2.17. The van der Waals surface area contributed by atoms with Crippen LogP contribution < -0.4 is 0 Å². The van der Waals surface area contributed by atoms with Crippen LogP contribution in [0.3, 0.4) is 0 Å². The van der Waals surface area contributed by atoms with Gasteiger partial charge in [-0.15, -0.1) is 0 Å². The lowest BCUT2D eigenvalue weighted by atomic mass is 10.0. The van der Waals surface area contributed by atoms with E-state index in [2.05, 4.69) is 32.6 Å². The zero-order chi connectivity index (χ0) is 14.3. The maximum atomic E-state index is 11.9. The second kappa shape index (κ2) is 5.14. The van der Waals surface area contributed by atoms with E-state index in [1.54, 1.807) is 24.8 Å². The van der Waals surface area contributed by atoms with Gasteiger partial charge in [0.1, 0.15) is 10.0 Å². The molecule has 0 aliphatic rings. The molecule has 100 valence electrons. The molecule has 0 amide bonds. The van der Waals surface area contributed by atoms with Crippen molar-refractivity contribution < 1.29 is 4.79 Å². The minimum Gasteiger partial charge on any atom is -0.296 e. The summed E-state index contributed by atoms with van der Waals surface area (Å²) < 4.78 is 2.64. The quantitative estimate of drug-likeness (QED) is 0.487. The molecule has 0 aromatic carbocycles. The number of rotatable bonds is 2. The van der Waals surface area contributed by atoms with Gasteiger partial charge in [-0.25, -0.2) is 4.98 Å². The Morgan fingerprint density at radius 3 is 2.90 bits per heavy atom. The van der Waals surface area contributed by atoms with Crippen LogP contribution >= 0.6 is 34.2 Å². The molecular weight excluding hydrogens is 389 g/mol. The predicted molar refractivity (Wildman–Crippen MR) is 86.2 cm³/mol. The molecule has 0 unspecified atom stereocenters. The number of carbonyl (C=O) groups is 1. The van der Waals surface area contributed by atoms with Crippen molar-refractivity contribution in [2.75, 3.05) is 0 Å². The van der Waals surface area contributed by atoms with Crippen molar-refractivity contribution in [1.82, 2.24) is 14.4 Å². The van der Waals surface area contributed by atoms with Gasteiger partial charge in [0.25, 0.3) is 0 Å². The smallest absolute Gasteiger partial charge is 0.161 e. The number of nitrogens with zero attached hydrogens (tertiary/aromatic N) is 3. The Morgan fingerprint density at radius 2 is 2.25 bits per heavy atom. The molecule has 0 bridgehead atoms. The molecule has 20 heavy (non-hydrogen) atoms. The average molecular weight is 398 g/mol. The van der Waals surface area contributed by atoms with Crippen molar-refractivity contribution >= 4 is 45.5 Å². The summed E-state index contributed by atoms with van der Waals surface area (Å²) in [6.45, 7) is 1.53. The Morgan fingerprint density at radius 1 is 1.45 bits per heavy atom. The van der Waals surface area contributed by atoms with E-state index in [9.17, 15) is 4.79 Å². The van der Waals surface area contributed by atoms with Crippen LogP contribution in [0.1, 0.15) is 17.3 Å². The first-order valence-corrected chi connectivity index (χ1v) is 7.31. The van der Waals surface area contributed by atoms with Crippen molar-refractivity contribution in [2.45, 2.75) is 6.92 Å². The maximum absolute atomic E-state index is 11.9. The van der Waals surface area contributed by atoms with Crippen LogP contribution in [0.25, 0.3) is 16.8 Å². The number of ketones is 1. The van der Waals surface area contributed by atoms with Crippen LogP contribution in [0.5, 0.6) is 0 Å². The van der Waals surface area contributed by atoms with Gasteiger partial charge in [-0.1, -0.05) is 11.6 Å². The van der Waals surface area contributed by atoms with Crippen LogP contribution in [0, 0.1) is 3.70 Å². The summed E-state index contributed by atoms with van der Waals surface area (Å²) in [6, 6.07) is 5.45. The fourth-order valence-corrected chi connectivity index (χ4v) is 3.29. The van der Waals surface area contributed by atoms with E-state index >= 15 is 0 Å². The highest BCUT2D eigenvalue weighted by atomic mass is 127. The van der Waals surface area contributed by atoms with Crippen LogP contribution in [0.2, 0.25) is 5.02 Å². The van der Waals surface area contributed by atoms with Crippen molar-refractivity contribution in [3.05, 3.63) is 51.2 Å². The molecule has 3 aromatic rings. The van der Waals surface area contributed by atoms with Gasteiger partial charge in [0.15, 0.2) is 5.78 Å². The third kappa shape index (κ3) is 2.10. The van der Waals surface area contributed by atoms with Crippen LogP contribution in [0.4, 0.5) is 0 Å². The summed E-state index contributed by atoms with van der Waals surface area (Å²) >= 11 is 8.41.